The highest BCUT2D eigenvalue weighted by Gasteiger charge is 2.35. The van der Waals surface area contributed by atoms with Crippen molar-refractivity contribution in [1.82, 2.24) is 30.1 Å². The first-order chi connectivity index (χ1) is 22.9. The van der Waals surface area contributed by atoms with Gasteiger partial charge in [-0.2, -0.15) is 5.10 Å². The van der Waals surface area contributed by atoms with Crippen LogP contribution in [0.3, 0.4) is 0 Å². The molecule has 0 bridgehead atoms. The second-order valence-corrected chi connectivity index (χ2v) is 13.5. The summed E-state index contributed by atoms with van der Waals surface area (Å²) in [4.78, 5) is 25.3. The van der Waals surface area contributed by atoms with Crippen LogP contribution in [-0.2, 0) is 14.4 Å². The monoisotopic (exact) mass is 656 g/mol. The third kappa shape index (κ3) is 5.54. The van der Waals surface area contributed by atoms with E-state index < -0.39 is 0 Å². The van der Waals surface area contributed by atoms with Gasteiger partial charge in [0, 0.05) is 54.2 Å². The Morgan fingerprint density at radius 2 is 1.94 bits per heavy atom. The number of rotatable bonds is 8. The molecule has 12 heteroatoms. The third-order valence-electron chi connectivity index (χ3n) is 9.99. The fourth-order valence-corrected chi connectivity index (χ4v) is 7.48. The molecule has 0 spiro atoms. The van der Waals surface area contributed by atoms with Gasteiger partial charge in [-0.15, -0.1) is 0 Å². The summed E-state index contributed by atoms with van der Waals surface area (Å²) in [6, 6.07) is 6.62. The van der Waals surface area contributed by atoms with Gasteiger partial charge < -0.3 is 14.5 Å². The molecule has 3 fully saturated rings. The molecule has 8 rings (SSSR count). The predicted molar refractivity (Wildman–Crippen MR) is 184 cm³/mol. The molecule has 47 heavy (non-hydrogen) atoms. The zero-order chi connectivity index (χ0) is 32.2. The smallest absolute Gasteiger partial charge is 0.246 e. The number of likely N-dealkylation sites (N-methyl/N-ethyl adjacent to an activating group) is 1. The SMILES string of the molecule is C=CC(=O)N1CCN(N2CN(OC[C@@H]3CCCN3C)C=c3c2cc(Cl)c2c3=CC=C(OC3CC3)N2c2c(C)ccc3[nH]ncc23)CC1. The van der Waals surface area contributed by atoms with Gasteiger partial charge >= 0.3 is 0 Å². The molecule has 2 aromatic carbocycles. The van der Waals surface area contributed by atoms with Gasteiger partial charge in [-0.3, -0.25) is 24.6 Å². The Morgan fingerprint density at radius 1 is 1.11 bits per heavy atom. The molecule has 1 amide bonds. The van der Waals surface area contributed by atoms with Crippen LogP contribution in [0.2, 0.25) is 5.02 Å². The standard InChI is InChI=1S/C35H41ClN8O3/c1-4-32(45)40-14-16-41(17-15-40)43-22-42(46-21-24-6-5-13-39(24)3)20-28-26-10-12-33(47-25-8-9-25)44(35(26)29(36)18-31(28)43)34-23(2)7-11-30-27(34)19-37-38-30/h4,7,10-12,18-20,24-25H,1,5-6,8-9,13-17,21-22H2,2-3H3,(H,37,38)/t24-/m0/s1. The molecule has 4 aliphatic heterocycles. The number of likely N-dealkylation sites (tertiary alicyclic amines) is 1. The number of carbonyl (C=O) groups excluding carboxylic acids is 1. The topological polar surface area (TPSA) is 83.7 Å². The number of hydrogen-bond acceptors (Lipinski definition) is 9. The molecule has 1 aromatic heterocycles. The number of aromatic nitrogens is 2. The Bertz CT molecular complexity index is 1880. The van der Waals surface area contributed by atoms with Crippen LogP contribution in [0, 0.1) is 6.92 Å². The summed E-state index contributed by atoms with van der Waals surface area (Å²) in [5, 5.41) is 17.7. The van der Waals surface area contributed by atoms with Crippen molar-refractivity contribution in [3.63, 3.8) is 0 Å². The van der Waals surface area contributed by atoms with Crippen molar-refractivity contribution in [2.24, 2.45) is 0 Å². The summed E-state index contributed by atoms with van der Waals surface area (Å²) in [5.41, 5.74) is 4.91. The average Bonchev–Trinajstić information content (AvgIpc) is 3.60. The molecule has 5 aliphatic rings. The highest BCUT2D eigenvalue weighted by atomic mass is 35.5. The van der Waals surface area contributed by atoms with E-state index in [-0.39, 0.29) is 12.0 Å². The molecule has 0 radical (unpaired) electrons. The Kier molecular flexibility index (Phi) is 7.87. The van der Waals surface area contributed by atoms with E-state index in [0.717, 1.165) is 75.7 Å². The maximum atomic E-state index is 12.4. The number of benzene rings is 2. The molecule has 5 heterocycles. The van der Waals surface area contributed by atoms with Gasteiger partial charge in [0.25, 0.3) is 0 Å². The number of amides is 1. The summed E-state index contributed by atoms with van der Waals surface area (Å²) in [7, 11) is 2.17. The number of nitrogens with zero attached hydrogens (tertiary/aromatic N) is 7. The summed E-state index contributed by atoms with van der Waals surface area (Å²) >= 11 is 7.36. The van der Waals surface area contributed by atoms with E-state index in [1.165, 1.54) is 12.5 Å². The fourth-order valence-electron chi connectivity index (χ4n) is 7.20. The van der Waals surface area contributed by atoms with Gasteiger partial charge in [-0.25, -0.2) is 10.1 Å². The lowest BCUT2D eigenvalue weighted by molar-refractivity contribution is -0.131. The minimum atomic E-state index is -0.0339. The number of H-pyrrole nitrogens is 1. The van der Waals surface area contributed by atoms with Crippen LogP contribution in [0.25, 0.3) is 23.2 Å². The van der Waals surface area contributed by atoms with Crippen LogP contribution in [0.15, 0.2) is 49.0 Å². The number of hydroxylamine groups is 2. The Labute approximate surface area is 279 Å². The van der Waals surface area contributed by atoms with Crippen LogP contribution >= 0.6 is 11.6 Å². The normalized spacial score (nSPS) is 21.7. The number of hydrazine groups is 1. The predicted octanol–water partition coefficient (Wildman–Crippen LogP) is 3.57. The molecule has 3 aromatic rings. The molecule has 0 unspecified atom stereocenters. The van der Waals surface area contributed by atoms with Crippen LogP contribution in [0.4, 0.5) is 17.1 Å². The number of allylic oxidation sites excluding steroid dienone is 1. The Balaban J connectivity index is 1.25. The number of hydrogen-bond donors (Lipinski definition) is 1. The minimum absolute atomic E-state index is 0.0339. The third-order valence-corrected chi connectivity index (χ3v) is 10.3. The molecule has 246 valence electrons. The number of piperazine rings is 1. The van der Waals surface area contributed by atoms with Crippen molar-refractivity contribution in [3.05, 3.63) is 70.0 Å². The number of aryl methyl sites for hydroxylation is 1. The number of aromatic amines is 1. The number of nitrogens with one attached hydrogen (secondary N) is 1. The number of carbonyl (C=O) groups is 1. The quantitative estimate of drug-likeness (QED) is 0.366. The van der Waals surface area contributed by atoms with E-state index in [1.807, 2.05) is 16.2 Å². The van der Waals surface area contributed by atoms with Crippen molar-refractivity contribution in [3.8, 4) is 0 Å². The van der Waals surface area contributed by atoms with Crippen molar-refractivity contribution in [2.45, 2.75) is 44.8 Å². The second kappa shape index (κ2) is 12.2. The van der Waals surface area contributed by atoms with E-state index in [4.69, 9.17) is 21.2 Å². The van der Waals surface area contributed by atoms with Gasteiger partial charge in [-0.1, -0.05) is 24.2 Å². The van der Waals surface area contributed by atoms with Gasteiger partial charge in [0.05, 0.1) is 40.4 Å². The van der Waals surface area contributed by atoms with Crippen LogP contribution < -0.4 is 20.3 Å². The number of anilines is 3. The highest BCUT2D eigenvalue weighted by Crippen LogP contribution is 2.43. The van der Waals surface area contributed by atoms with Gasteiger partial charge in [-0.05, 0) is 82.1 Å². The molecule has 1 atom stereocenters. The Morgan fingerprint density at radius 3 is 2.68 bits per heavy atom. The number of ether oxygens (including phenoxy) is 1. The molecule has 2 saturated heterocycles. The highest BCUT2D eigenvalue weighted by molar-refractivity contribution is 6.34. The van der Waals surface area contributed by atoms with E-state index in [2.05, 4.69) is 87.1 Å². The lowest BCUT2D eigenvalue weighted by atomic mass is 10.0. The first kappa shape index (κ1) is 30.3. The van der Waals surface area contributed by atoms with E-state index in [9.17, 15) is 4.79 Å². The summed E-state index contributed by atoms with van der Waals surface area (Å²) in [5.74, 6) is 0.722. The molecule has 1 saturated carbocycles. The van der Waals surface area contributed by atoms with Crippen molar-refractivity contribution in [1.29, 1.82) is 0 Å². The molecular formula is C35H41ClN8O3. The van der Waals surface area contributed by atoms with Gasteiger partial charge in [0.1, 0.15) is 12.8 Å². The lowest BCUT2D eigenvalue weighted by Crippen LogP contribution is -2.60. The maximum Gasteiger partial charge on any atom is 0.246 e. The van der Waals surface area contributed by atoms with Crippen LogP contribution in [-0.4, -0.2) is 101 Å². The zero-order valence-corrected chi connectivity index (χ0v) is 27.7. The van der Waals surface area contributed by atoms with Gasteiger partial charge in [0.2, 0.25) is 5.91 Å². The molecule has 11 nitrogen and oxygen atoms in total. The van der Waals surface area contributed by atoms with Crippen LogP contribution in [0.1, 0.15) is 31.2 Å². The molecule has 1 N–H and O–H groups in total. The first-order valence-electron chi connectivity index (χ1n) is 16.6. The molecular weight excluding hydrogens is 616 g/mol. The van der Waals surface area contributed by atoms with Crippen molar-refractivity contribution >= 4 is 57.7 Å². The first-order valence-corrected chi connectivity index (χ1v) is 17.0. The zero-order valence-electron chi connectivity index (χ0n) is 27.0. The lowest BCUT2D eigenvalue weighted by Gasteiger charge is -2.45. The van der Waals surface area contributed by atoms with Crippen molar-refractivity contribution in [2.75, 3.05) is 63.0 Å². The fraction of sp³-hybridized carbons (Fsp3) is 0.429. The largest absolute Gasteiger partial charge is 0.475 e. The second-order valence-electron chi connectivity index (χ2n) is 13.1. The van der Waals surface area contributed by atoms with Crippen LogP contribution in [0.5, 0.6) is 0 Å². The van der Waals surface area contributed by atoms with E-state index in [0.29, 0.717) is 50.5 Å². The summed E-state index contributed by atoms with van der Waals surface area (Å²) in [6.07, 6.45) is 14.2. The summed E-state index contributed by atoms with van der Waals surface area (Å²) < 4.78 is 6.55. The van der Waals surface area contributed by atoms with E-state index in [1.54, 1.807) is 0 Å². The summed E-state index contributed by atoms with van der Waals surface area (Å²) in [6.45, 7) is 10.6. The van der Waals surface area contributed by atoms with Crippen molar-refractivity contribution < 1.29 is 14.4 Å². The minimum Gasteiger partial charge on any atom is -0.475 e. The van der Waals surface area contributed by atoms with Gasteiger partial charge in [0.15, 0.2) is 5.88 Å². The Hall–Kier alpha value is -4.03. The maximum absolute atomic E-state index is 12.4. The van der Waals surface area contributed by atoms with E-state index >= 15 is 0 Å². The number of fused-ring (bicyclic) bond motifs is 4. The molecule has 1 aliphatic carbocycles. The average molecular weight is 657 g/mol. The number of halogens is 1.